The van der Waals surface area contributed by atoms with Crippen molar-refractivity contribution >= 4 is 6.01 Å². The van der Waals surface area contributed by atoms with Gasteiger partial charge in [0.25, 0.3) is 0 Å². The van der Waals surface area contributed by atoms with Crippen LogP contribution in [0, 0.1) is 12.8 Å². The van der Waals surface area contributed by atoms with E-state index in [1.807, 2.05) is 11.9 Å². The summed E-state index contributed by atoms with van der Waals surface area (Å²) in [5.74, 6) is 1.23. The van der Waals surface area contributed by atoms with E-state index in [4.69, 9.17) is 4.42 Å². The van der Waals surface area contributed by atoms with Crippen LogP contribution in [-0.4, -0.2) is 23.8 Å². The predicted molar refractivity (Wildman–Crippen MR) is 84.1 cm³/mol. The number of hydrogen-bond donors (Lipinski definition) is 1. The first-order valence-corrected chi connectivity index (χ1v) is 7.34. The molecule has 0 amide bonds. The summed E-state index contributed by atoms with van der Waals surface area (Å²) in [6.45, 7) is 8.73. The number of aromatic nitrogens is 2. The first-order chi connectivity index (χ1) is 10.0. The Morgan fingerprint density at radius 2 is 1.90 bits per heavy atom. The summed E-state index contributed by atoms with van der Waals surface area (Å²) in [4.78, 5) is 1.96. The third-order valence-corrected chi connectivity index (χ3v) is 3.15. The zero-order chi connectivity index (χ0) is 15.2. The van der Waals surface area contributed by atoms with Crippen molar-refractivity contribution < 1.29 is 4.42 Å². The lowest BCUT2D eigenvalue weighted by Gasteiger charge is -2.13. The van der Waals surface area contributed by atoms with Crippen LogP contribution in [0.1, 0.15) is 30.9 Å². The van der Waals surface area contributed by atoms with Crippen LogP contribution in [-0.2, 0) is 13.1 Å². The Morgan fingerprint density at radius 3 is 2.57 bits per heavy atom. The molecule has 0 bridgehead atoms. The first-order valence-electron chi connectivity index (χ1n) is 7.34. The number of hydrogen-bond acceptors (Lipinski definition) is 5. The van der Waals surface area contributed by atoms with E-state index in [2.05, 4.69) is 60.6 Å². The van der Waals surface area contributed by atoms with Gasteiger partial charge in [-0.2, -0.15) is 0 Å². The number of nitrogens with zero attached hydrogens (tertiary/aromatic N) is 3. The van der Waals surface area contributed by atoms with Crippen LogP contribution in [0.3, 0.4) is 0 Å². The van der Waals surface area contributed by atoms with Gasteiger partial charge in [-0.3, -0.25) is 0 Å². The molecule has 21 heavy (non-hydrogen) atoms. The highest BCUT2D eigenvalue weighted by atomic mass is 16.4. The fourth-order valence-corrected chi connectivity index (χ4v) is 1.97. The van der Waals surface area contributed by atoms with Crippen molar-refractivity contribution in [3.8, 4) is 0 Å². The third-order valence-electron chi connectivity index (χ3n) is 3.15. The van der Waals surface area contributed by atoms with Gasteiger partial charge in [0, 0.05) is 13.6 Å². The molecular formula is C16H24N4O. The van der Waals surface area contributed by atoms with Gasteiger partial charge in [0.2, 0.25) is 5.89 Å². The summed E-state index contributed by atoms with van der Waals surface area (Å²) in [6, 6.07) is 9.01. The zero-order valence-electron chi connectivity index (χ0n) is 13.3. The van der Waals surface area contributed by atoms with Crippen LogP contribution in [0.5, 0.6) is 0 Å². The molecule has 5 heteroatoms. The molecule has 2 rings (SSSR count). The van der Waals surface area contributed by atoms with Gasteiger partial charge in [-0.1, -0.05) is 48.8 Å². The Morgan fingerprint density at radius 1 is 1.19 bits per heavy atom. The molecule has 0 aliphatic heterocycles. The number of aryl methyl sites for hydroxylation is 1. The average molecular weight is 288 g/mol. The van der Waals surface area contributed by atoms with Crippen LogP contribution in [0.15, 0.2) is 28.7 Å². The van der Waals surface area contributed by atoms with E-state index in [1.165, 1.54) is 11.1 Å². The van der Waals surface area contributed by atoms with E-state index in [9.17, 15) is 0 Å². The van der Waals surface area contributed by atoms with Crippen LogP contribution in [0.4, 0.5) is 6.01 Å². The van der Waals surface area contributed by atoms with Gasteiger partial charge >= 0.3 is 6.01 Å². The van der Waals surface area contributed by atoms with Crippen LogP contribution in [0.25, 0.3) is 0 Å². The van der Waals surface area contributed by atoms with Crippen molar-refractivity contribution in [3.63, 3.8) is 0 Å². The lowest BCUT2D eigenvalue weighted by Crippen LogP contribution is -2.19. The van der Waals surface area contributed by atoms with E-state index < -0.39 is 0 Å². The second-order valence-corrected chi connectivity index (χ2v) is 5.84. The fraction of sp³-hybridized carbons (Fsp3) is 0.500. The molecule has 1 heterocycles. The molecule has 1 aromatic heterocycles. The average Bonchev–Trinajstić information content (AvgIpc) is 2.90. The number of benzene rings is 1. The minimum absolute atomic E-state index is 0.553. The van der Waals surface area contributed by atoms with E-state index in [1.54, 1.807) is 0 Å². The Labute approximate surface area is 126 Å². The summed E-state index contributed by atoms with van der Waals surface area (Å²) in [5, 5.41) is 11.5. The molecule has 0 aliphatic rings. The molecule has 0 spiro atoms. The Kier molecular flexibility index (Phi) is 5.33. The van der Waals surface area contributed by atoms with Crippen molar-refractivity contribution in [2.45, 2.75) is 33.9 Å². The van der Waals surface area contributed by atoms with E-state index in [0.717, 1.165) is 13.1 Å². The highest BCUT2D eigenvalue weighted by molar-refractivity contribution is 5.28. The summed E-state index contributed by atoms with van der Waals surface area (Å²) >= 11 is 0. The molecule has 5 nitrogen and oxygen atoms in total. The molecule has 1 N–H and O–H groups in total. The summed E-state index contributed by atoms with van der Waals surface area (Å²) < 4.78 is 5.66. The molecule has 2 aromatic rings. The van der Waals surface area contributed by atoms with Crippen molar-refractivity contribution in [1.29, 1.82) is 0 Å². The lowest BCUT2D eigenvalue weighted by molar-refractivity contribution is 0.450. The normalized spacial score (nSPS) is 11.1. The van der Waals surface area contributed by atoms with E-state index in [-0.39, 0.29) is 0 Å². The zero-order valence-corrected chi connectivity index (χ0v) is 13.3. The van der Waals surface area contributed by atoms with Crippen molar-refractivity contribution in [1.82, 2.24) is 15.5 Å². The summed E-state index contributed by atoms with van der Waals surface area (Å²) in [5.41, 5.74) is 2.48. The Hall–Kier alpha value is -1.88. The molecule has 0 saturated carbocycles. The molecule has 0 saturated heterocycles. The minimum atomic E-state index is 0.553. The maximum Gasteiger partial charge on any atom is 0.318 e. The van der Waals surface area contributed by atoms with Gasteiger partial charge in [-0.05, 0) is 24.9 Å². The molecule has 0 unspecified atom stereocenters. The smallest absolute Gasteiger partial charge is 0.318 e. The van der Waals surface area contributed by atoms with Gasteiger partial charge in [0.1, 0.15) is 0 Å². The second-order valence-electron chi connectivity index (χ2n) is 5.84. The third kappa shape index (κ3) is 4.86. The molecular weight excluding hydrogens is 264 g/mol. The quantitative estimate of drug-likeness (QED) is 0.849. The van der Waals surface area contributed by atoms with Crippen LogP contribution < -0.4 is 10.2 Å². The highest BCUT2D eigenvalue weighted by Gasteiger charge is 2.11. The SMILES string of the molecule is Cc1ccc(CN(C)c2nnc(CNCC(C)C)o2)cc1. The minimum Gasteiger partial charge on any atom is -0.407 e. The fourth-order valence-electron chi connectivity index (χ4n) is 1.97. The standard InChI is InChI=1S/C16H24N4O/c1-12(2)9-17-10-15-18-19-16(21-15)20(4)11-14-7-5-13(3)6-8-14/h5-8,12,17H,9-11H2,1-4H3. The second kappa shape index (κ2) is 7.22. The number of nitrogens with one attached hydrogen (secondary N) is 1. The van der Waals surface area contributed by atoms with Gasteiger partial charge in [0.05, 0.1) is 6.54 Å². The van der Waals surface area contributed by atoms with Crippen molar-refractivity contribution in [2.75, 3.05) is 18.5 Å². The molecule has 0 aliphatic carbocycles. The first kappa shape index (κ1) is 15.5. The largest absolute Gasteiger partial charge is 0.407 e. The van der Waals surface area contributed by atoms with Gasteiger partial charge < -0.3 is 14.6 Å². The number of anilines is 1. The van der Waals surface area contributed by atoms with Crippen LogP contribution >= 0.6 is 0 Å². The van der Waals surface area contributed by atoms with Gasteiger partial charge in [-0.25, -0.2) is 0 Å². The van der Waals surface area contributed by atoms with Crippen molar-refractivity contribution in [3.05, 3.63) is 41.3 Å². The van der Waals surface area contributed by atoms with Gasteiger partial charge in [0.15, 0.2) is 0 Å². The predicted octanol–water partition coefficient (Wildman–Crippen LogP) is 2.76. The topological polar surface area (TPSA) is 54.2 Å². The van der Waals surface area contributed by atoms with E-state index >= 15 is 0 Å². The van der Waals surface area contributed by atoms with E-state index in [0.29, 0.717) is 24.4 Å². The Balaban J connectivity index is 1.89. The molecule has 0 radical (unpaired) electrons. The molecule has 0 fully saturated rings. The van der Waals surface area contributed by atoms with Crippen molar-refractivity contribution in [2.24, 2.45) is 5.92 Å². The van der Waals surface area contributed by atoms with Crippen LogP contribution in [0.2, 0.25) is 0 Å². The molecule has 0 atom stereocenters. The maximum atomic E-state index is 5.66. The molecule has 114 valence electrons. The number of rotatable bonds is 7. The monoisotopic (exact) mass is 288 g/mol. The highest BCUT2D eigenvalue weighted by Crippen LogP contribution is 2.14. The summed E-state index contributed by atoms with van der Waals surface area (Å²) in [6.07, 6.45) is 0. The maximum absolute atomic E-state index is 5.66. The summed E-state index contributed by atoms with van der Waals surface area (Å²) in [7, 11) is 1.96. The van der Waals surface area contributed by atoms with Gasteiger partial charge in [-0.15, -0.1) is 5.10 Å². The Bertz CT molecular complexity index is 548. The molecule has 1 aromatic carbocycles. The lowest BCUT2D eigenvalue weighted by atomic mass is 10.1.